The number of primary amides is 1. The topological polar surface area (TPSA) is 72.1 Å². The van der Waals surface area contributed by atoms with Gasteiger partial charge in [-0.05, 0) is 44.5 Å². The zero-order valence-electron chi connectivity index (χ0n) is 13.4. The number of rotatable bonds is 4. The van der Waals surface area contributed by atoms with Crippen molar-refractivity contribution in [3.63, 3.8) is 0 Å². The fraction of sp³-hybridized carbons (Fsp3) is 0.389. The molecule has 3 rings (SSSR count). The summed E-state index contributed by atoms with van der Waals surface area (Å²) in [6.45, 7) is 4.60. The molecular formula is C18H22N4O. The van der Waals surface area contributed by atoms with Crippen LogP contribution in [0.1, 0.15) is 48.3 Å². The van der Waals surface area contributed by atoms with Crippen LogP contribution in [0, 0.1) is 0 Å². The van der Waals surface area contributed by atoms with E-state index in [9.17, 15) is 4.79 Å². The molecule has 1 aliphatic rings. The summed E-state index contributed by atoms with van der Waals surface area (Å²) in [5.41, 5.74) is 7.69. The van der Waals surface area contributed by atoms with E-state index in [0.29, 0.717) is 11.9 Å². The Bertz CT molecular complexity index is 678. The summed E-state index contributed by atoms with van der Waals surface area (Å²) >= 11 is 0. The quantitative estimate of drug-likeness (QED) is 0.942. The minimum Gasteiger partial charge on any atom is -0.364 e. The third-order valence-electron chi connectivity index (χ3n) is 4.50. The smallest absolute Gasteiger partial charge is 0.267 e. The van der Waals surface area contributed by atoms with Crippen LogP contribution in [-0.4, -0.2) is 33.9 Å². The molecule has 5 heteroatoms. The normalized spacial score (nSPS) is 16.9. The molecule has 1 amide bonds. The maximum Gasteiger partial charge on any atom is 0.267 e. The van der Waals surface area contributed by atoms with Crippen molar-refractivity contribution in [1.82, 2.24) is 14.9 Å². The fourth-order valence-corrected chi connectivity index (χ4v) is 3.06. The van der Waals surface area contributed by atoms with Crippen molar-refractivity contribution in [1.29, 1.82) is 0 Å². The van der Waals surface area contributed by atoms with Gasteiger partial charge in [-0.2, -0.15) is 0 Å². The van der Waals surface area contributed by atoms with Crippen LogP contribution in [0.25, 0.3) is 11.4 Å². The molecule has 1 saturated heterocycles. The van der Waals surface area contributed by atoms with Gasteiger partial charge in [0.15, 0.2) is 5.82 Å². The van der Waals surface area contributed by atoms with Crippen molar-refractivity contribution >= 4 is 5.91 Å². The lowest BCUT2D eigenvalue weighted by Gasteiger charge is -2.32. The average Bonchev–Trinajstić information content (AvgIpc) is 2.62. The third kappa shape index (κ3) is 3.56. The Morgan fingerprint density at radius 3 is 2.48 bits per heavy atom. The first kappa shape index (κ1) is 15.6. The van der Waals surface area contributed by atoms with Crippen molar-refractivity contribution in [2.24, 2.45) is 5.73 Å². The number of aromatic nitrogens is 2. The highest BCUT2D eigenvalue weighted by atomic mass is 16.1. The van der Waals surface area contributed by atoms with E-state index in [2.05, 4.69) is 33.9 Å². The van der Waals surface area contributed by atoms with Crippen LogP contribution in [0.2, 0.25) is 0 Å². The lowest BCUT2D eigenvalue weighted by atomic mass is 10.0. The van der Waals surface area contributed by atoms with Crippen LogP contribution in [0.15, 0.2) is 36.5 Å². The highest BCUT2D eigenvalue weighted by Gasteiger charge is 2.18. The number of piperidine rings is 1. The molecule has 2 aromatic rings. The maximum atomic E-state index is 11.2. The minimum absolute atomic E-state index is 0.237. The van der Waals surface area contributed by atoms with E-state index >= 15 is 0 Å². The van der Waals surface area contributed by atoms with E-state index in [0.717, 1.165) is 5.56 Å². The highest BCUT2D eigenvalue weighted by molar-refractivity contribution is 5.91. The van der Waals surface area contributed by atoms with E-state index in [4.69, 9.17) is 5.73 Å². The third-order valence-corrected chi connectivity index (χ3v) is 4.50. The number of nitrogens with two attached hydrogens (primary N) is 1. The van der Waals surface area contributed by atoms with Gasteiger partial charge in [-0.3, -0.25) is 9.69 Å². The van der Waals surface area contributed by atoms with Crippen molar-refractivity contribution in [2.75, 3.05) is 13.1 Å². The summed E-state index contributed by atoms with van der Waals surface area (Å²) in [5.74, 6) is -0.0116. The van der Waals surface area contributed by atoms with Crippen LogP contribution in [0.3, 0.4) is 0 Å². The largest absolute Gasteiger partial charge is 0.364 e. The molecule has 2 N–H and O–H groups in total. The van der Waals surface area contributed by atoms with Gasteiger partial charge in [-0.25, -0.2) is 9.97 Å². The predicted octanol–water partition coefficient (Wildman–Crippen LogP) is 2.79. The van der Waals surface area contributed by atoms with Gasteiger partial charge >= 0.3 is 0 Å². The summed E-state index contributed by atoms with van der Waals surface area (Å²) in [4.78, 5) is 22.2. The Kier molecular flexibility index (Phi) is 4.67. The Balaban J connectivity index is 1.79. The lowest BCUT2D eigenvalue weighted by molar-refractivity contribution is 0.0995. The van der Waals surface area contributed by atoms with Crippen molar-refractivity contribution in [3.8, 4) is 11.4 Å². The predicted molar refractivity (Wildman–Crippen MR) is 89.8 cm³/mol. The SMILES string of the molecule is CC(c1ccc(-c2nccc(C(N)=O)n2)cc1)N1CCCCC1. The zero-order valence-corrected chi connectivity index (χ0v) is 13.4. The van der Waals surface area contributed by atoms with Crippen molar-refractivity contribution < 1.29 is 4.79 Å². The van der Waals surface area contributed by atoms with Gasteiger partial charge in [0.25, 0.3) is 5.91 Å². The van der Waals surface area contributed by atoms with Crippen molar-refractivity contribution in [2.45, 2.75) is 32.2 Å². The molecule has 1 aromatic carbocycles. The van der Waals surface area contributed by atoms with Gasteiger partial charge in [-0.1, -0.05) is 30.7 Å². The lowest BCUT2D eigenvalue weighted by Crippen LogP contribution is -2.32. The van der Waals surface area contributed by atoms with E-state index in [-0.39, 0.29) is 5.69 Å². The molecule has 0 aliphatic carbocycles. The highest BCUT2D eigenvalue weighted by Crippen LogP contribution is 2.25. The second kappa shape index (κ2) is 6.87. The molecule has 1 unspecified atom stereocenters. The fourth-order valence-electron chi connectivity index (χ4n) is 3.06. The number of carbonyl (C=O) groups is 1. The molecule has 0 radical (unpaired) electrons. The summed E-state index contributed by atoms with van der Waals surface area (Å²) in [7, 11) is 0. The summed E-state index contributed by atoms with van der Waals surface area (Å²) in [5, 5.41) is 0. The van der Waals surface area contributed by atoms with Crippen LogP contribution < -0.4 is 5.73 Å². The molecule has 1 fully saturated rings. The Morgan fingerprint density at radius 1 is 1.13 bits per heavy atom. The molecule has 1 aliphatic heterocycles. The Labute approximate surface area is 136 Å². The number of hydrogen-bond acceptors (Lipinski definition) is 4. The standard InChI is InChI=1S/C18H22N4O/c1-13(22-11-3-2-4-12-22)14-5-7-15(8-6-14)18-20-10-9-16(21-18)17(19)23/h5-10,13H,2-4,11-12H2,1H3,(H2,19,23). The van der Waals surface area contributed by atoms with Gasteiger partial charge < -0.3 is 5.73 Å². The first-order chi connectivity index (χ1) is 11.1. The Hall–Kier alpha value is -2.27. The molecule has 120 valence electrons. The zero-order chi connectivity index (χ0) is 16.2. The number of benzene rings is 1. The van der Waals surface area contributed by atoms with Crippen LogP contribution in [0.4, 0.5) is 0 Å². The number of nitrogens with zero attached hydrogens (tertiary/aromatic N) is 3. The minimum atomic E-state index is -0.538. The Morgan fingerprint density at radius 2 is 1.83 bits per heavy atom. The second-order valence-corrected chi connectivity index (χ2v) is 6.02. The van der Waals surface area contributed by atoms with E-state index in [1.54, 1.807) is 6.20 Å². The molecule has 0 saturated carbocycles. The van der Waals surface area contributed by atoms with Crippen LogP contribution >= 0.6 is 0 Å². The average molecular weight is 310 g/mol. The van der Waals surface area contributed by atoms with Gasteiger partial charge in [0, 0.05) is 17.8 Å². The second-order valence-electron chi connectivity index (χ2n) is 6.02. The summed E-state index contributed by atoms with van der Waals surface area (Å²) < 4.78 is 0. The molecule has 1 aromatic heterocycles. The summed E-state index contributed by atoms with van der Waals surface area (Å²) in [6.07, 6.45) is 5.48. The molecule has 2 heterocycles. The van der Waals surface area contributed by atoms with Crippen LogP contribution in [-0.2, 0) is 0 Å². The van der Waals surface area contributed by atoms with Gasteiger partial charge in [-0.15, -0.1) is 0 Å². The molecule has 0 spiro atoms. The van der Waals surface area contributed by atoms with Gasteiger partial charge in [0.2, 0.25) is 0 Å². The van der Waals surface area contributed by atoms with E-state index < -0.39 is 5.91 Å². The van der Waals surface area contributed by atoms with Gasteiger partial charge in [0.1, 0.15) is 5.69 Å². The molecule has 5 nitrogen and oxygen atoms in total. The monoisotopic (exact) mass is 310 g/mol. The first-order valence-corrected chi connectivity index (χ1v) is 8.12. The van der Waals surface area contributed by atoms with Crippen LogP contribution in [0.5, 0.6) is 0 Å². The van der Waals surface area contributed by atoms with Gasteiger partial charge in [0.05, 0.1) is 0 Å². The summed E-state index contributed by atoms with van der Waals surface area (Å²) in [6, 6.07) is 10.2. The van der Waals surface area contributed by atoms with E-state index in [1.807, 2.05) is 12.1 Å². The molecule has 23 heavy (non-hydrogen) atoms. The molecule has 1 atom stereocenters. The van der Waals surface area contributed by atoms with E-state index in [1.165, 1.54) is 44.0 Å². The number of likely N-dealkylation sites (tertiary alicyclic amines) is 1. The maximum absolute atomic E-state index is 11.2. The first-order valence-electron chi connectivity index (χ1n) is 8.12. The molecular weight excluding hydrogens is 288 g/mol. The molecule has 0 bridgehead atoms. The number of hydrogen-bond donors (Lipinski definition) is 1. The number of carbonyl (C=O) groups excluding carboxylic acids is 1. The van der Waals surface area contributed by atoms with Crippen molar-refractivity contribution in [3.05, 3.63) is 47.8 Å². The number of amides is 1.